The third kappa shape index (κ3) is 1.97. The monoisotopic (exact) mass is 306 g/mol. The van der Waals surface area contributed by atoms with Crippen molar-refractivity contribution >= 4 is 29.1 Å². The predicted molar refractivity (Wildman–Crippen MR) is 85.6 cm³/mol. The van der Waals surface area contributed by atoms with E-state index < -0.39 is 0 Å². The number of imide groups is 1. The second-order valence-electron chi connectivity index (χ2n) is 5.63. The number of carbonyl (C=O) groups is 3. The largest absolute Gasteiger partial charge is 0.310 e. The van der Waals surface area contributed by atoms with E-state index in [-0.39, 0.29) is 17.7 Å². The summed E-state index contributed by atoms with van der Waals surface area (Å²) < 4.78 is 0. The van der Waals surface area contributed by atoms with Gasteiger partial charge in [0.2, 0.25) is 5.91 Å². The van der Waals surface area contributed by atoms with Crippen LogP contribution in [0.2, 0.25) is 0 Å². The van der Waals surface area contributed by atoms with E-state index in [4.69, 9.17) is 0 Å². The van der Waals surface area contributed by atoms with Crippen molar-refractivity contribution in [3.05, 3.63) is 59.7 Å². The summed E-state index contributed by atoms with van der Waals surface area (Å²) in [6, 6.07) is 13.8. The first kappa shape index (κ1) is 13.7. The molecule has 0 spiro atoms. The molecule has 2 aromatic rings. The van der Waals surface area contributed by atoms with Crippen molar-refractivity contribution < 1.29 is 14.4 Å². The van der Waals surface area contributed by atoms with Crippen LogP contribution >= 0.6 is 0 Å². The Morgan fingerprint density at radius 3 is 1.87 bits per heavy atom. The highest BCUT2D eigenvalue weighted by Gasteiger charge is 2.38. The fraction of sp³-hybridized carbons (Fsp3) is 0.167. The topological polar surface area (TPSA) is 57.7 Å². The standard InChI is InChI=1S/C18H14N2O3/c21-16-10-5-11-19(16)14-8-3-4-9-15(14)20-17(22)12-6-1-2-7-13(12)18(20)23/h1-4,6-9H,5,10-11H2. The maximum Gasteiger partial charge on any atom is 0.266 e. The summed E-state index contributed by atoms with van der Waals surface area (Å²) in [4.78, 5) is 40.2. The van der Waals surface area contributed by atoms with E-state index in [0.29, 0.717) is 35.5 Å². The number of rotatable bonds is 2. The van der Waals surface area contributed by atoms with E-state index in [0.717, 1.165) is 6.42 Å². The molecule has 0 saturated carbocycles. The fourth-order valence-electron chi connectivity index (χ4n) is 3.19. The number of fused-ring (bicyclic) bond motifs is 1. The van der Waals surface area contributed by atoms with Gasteiger partial charge in [0, 0.05) is 13.0 Å². The summed E-state index contributed by atoms with van der Waals surface area (Å²) in [5.74, 6) is -0.663. The first-order valence-electron chi connectivity index (χ1n) is 7.55. The Morgan fingerprint density at radius 1 is 0.739 bits per heavy atom. The Morgan fingerprint density at radius 2 is 1.30 bits per heavy atom. The highest BCUT2D eigenvalue weighted by Crippen LogP contribution is 2.36. The highest BCUT2D eigenvalue weighted by molar-refractivity contribution is 6.35. The number of benzene rings is 2. The van der Waals surface area contributed by atoms with Crippen molar-refractivity contribution in [2.45, 2.75) is 12.8 Å². The summed E-state index contributed by atoms with van der Waals surface area (Å²) in [6.07, 6.45) is 1.28. The molecule has 0 aliphatic carbocycles. The van der Waals surface area contributed by atoms with Crippen molar-refractivity contribution in [1.82, 2.24) is 0 Å². The van der Waals surface area contributed by atoms with Crippen molar-refractivity contribution in [3.8, 4) is 0 Å². The fourth-order valence-corrected chi connectivity index (χ4v) is 3.19. The van der Waals surface area contributed by atoms with Gasteiger partial charge in [0.1, 0.15) is 0 Å². The average molecular weight is 306 g/mol. The number of hydrogen-bond donors (Lipinski definition) is 0. The molecule has 23 heavy (non-hydrogen) atoms. The molecule has 1 saturated heterocycles. The minimum atomic E-state index is -0.343. The lowest BCUT2D eigenvalue weighted by Gasteiger charge is -2.23. The predicted octanol–water partition coefficient (Wildman–Crippen LogP) is 2.61. The van der Waals surface area contributed by atoms with Crippen molar-refractivity contribution in [3.63, 3.8) is 0 Å². The smallest absolute Gasteiger partial charge is 0.266 e. The van der Waals surface area contributed by atoms with Gasteiger partial charge in [-0.3, -0.25) is 14.4 Å². The van der Waals surface area contributed by atoms with Gasteiger partial charge in [-0.2, -0.15) is 0 Å². The molecule has 0 bridgehead atoms. The van der Waals surface area contributed by atoms with Crippen LogP contribution in [0, 0.1) is 0 Å². The zero-order chi connectivity index (χ0) is 16.0. The number of amides is 3. The second-order valence-corrected chi connectivity index (χ2v) is 5.63. The summed E-state index contributed by atoms with van der Waals surface area (Å²) in [5, 5.41) is 0. The lowest BCUT2D eigenvalue weighted by atomic mass is 10.1. The average Bonchev–Trinajstić information content (AvgIpc) is 3.10. The van der Waals surface area contributed by atoms with Gasteiger partial charge in [-0.05, 0) is 30.7 Å². The lowest BCUT2D eigenvalue weighted by molar-refractivity contribution is -0.117. The van der Waals surface area contributed by atoms with Crippen LogP contribution in [0.5, 0.6) is 0 Å². The van der Waals surface area contributed by atoms with E-state index >= 15 is 0 Å². The van der Waals surface area contributed by atoms with E-state index in [1.165, 1.54) is 4.90 Å². The third-order valence-electron chi connectivity index (χ3n) is 4.28. The summed E-state index contributed by atoms with van der Waals surface area (Å²) in [7, 11) is 0. The molecule has 2 aliphatic rings. The molecule has 0 aromatic heterocycles. The molecule has 114 valence electrons. The Balaban J connectivity index is 1.83. The van der Waals surface area contributed by atoms with Crippen LogP contribution in [0.3, 0.4) is 0 Å². The first-order valence-corrected chi connectivity index (χ1v) is 7.55. The zero-order valence-electron chi connectivity index (χ0n) is 12.4. The number of carbonyl (C=O) groups excluding carboxylic acids is 3. The van der Waals surface area contributed by atoms with Crippen LogP contribution < -0.4 is 9.80 Å². The van der Waals surface area contributed by atoms with E-state index in [1.54, 1.807) is 47.4 Å². The Hall–Kier alpha value is -2.95. The van der Waals surface area contributed by atoms with Gasteiger partial charge in [-0.15, -0.1) is 0 Å². The van der Waals surface area contributed by atoms with Gasteiger partial charge in [0.05, 0.1) is 22.5 Å². The number of anilines is 2. The summed E-state index contributed by atoms with van der Waals surface area (Å²) in [6.45, 7) is 0.610. The van der Waals surface area contributed by atoms with Gasteiger partial charge in [-0.25, -0.2) is 4.90 Å². The lowest BCUT2D eigenvalue weighted by Crippen LogP contribution is -2.33. The Labute approximate surface area is 133 Å². The highest BCUT2D eigenvalue weighted by atomic mass is 16.2. The molecule has 0 unspecified atom stereocenters. The Bertz CT molecular complexity index is 809. The van der Waals surface area contributed by atoms with Gasteiger partial charge in [0.15, 0.2) is 0 Å². The normalized spacial score (nSPS) is 17.1. The molecule has 5 heteroatoms. The number of nitrogens with zero attached hydrogens (tertiary/aromatic N) is 2. The molecule has 0 atom stereocenters. The van der Waals surface area contributed by atoms with Crippen LogP contribution in [-0.4, -0.2) is 24.3 Å². The second kappa shape index (κ2) is 5.05. The minimum Gasteiger partial charge on any atom is -0.310 e. The maximum absolute atomic E-state index is 12.7. The van der Waals surface area contributed by atoms with E-state index in [2.05, 4.69) is 0 Å². The molecule has 5 nitrogen and oxygen atoms in total. The molecule has 0 N–H and O–H groups in total. The molecule has 0 radical (unpaired) electrons. The molecule has 2 aromatic carbocycles. The zero-order valence-corrected chi connectivity index (χ0v) is 12.4. The SMILES string of the molecule is O=C1CCCN1c1ccccc1N1C(=O)c2ccccc2C1=O. The van der Waals surface area contributed by atoms with Crippen molar-refractivity contribution in [1.29, 1.82) is 0 Å². The molecule has 2 aliphatic heterocycles. The van der Waals surface area contributed by atoms with Crippen LogP contribution in [0.15, 0.2) is 48.5 Å². The quantitative estimate of drug-likeness (QED) is 0.801. The molecule has 1 fully saturated rings. The first-order chi connectivity index (χ1) is 11.2. The van der Waals surface area contributed by atoms with E-state index in [1.807, 2.05) is 6.07 Å². The number of para-hydroxylation sites is 2. The van der Waals surface area contributed by atoms with Crippen LogP contribution in [0.25, 0.3) is 0 Å². The molecule has 3 amide bonds. The molecular weight excluding hydrogens is 292 g/mol. The summed E-state index contributed by atoms with van der Waals surface area (Å²) >= 11 is 0. The van der Waals surface area contributed by atoms with Crippen LogP contribution in [-0.2, 0) is 4.79 Å². The number of hydrogen-bond acceptors (Lipinski definition) is 3. The van der Waals surface area contributed by atoms with Gasteiger partial charge in [-0.1, -0.05) is 24.3 Å². The van der Waals surface area contributed by atoms with Crippen molar-refractivity contribution in [2.75, 3.05) is 16.3 Å². The van der Waals surface area contributed by atoms with E-state index in [9.17, 15) is 14.4 Å². The third-order valence-corrected chi connectivity index (χ3v) is 4.28. The molecular formula is C18H14N2O3. The maximum atomic E-state index is 12.7. The Kier molecular flexibility index (Phi) is 3.01. The van der Waals surface area contributed by atoms with Crippen LogP contribution in [0.4, 0.5) is 11.4 Å². The van der Waals surface area contributed by atoms with Crippen LogP contribution in [0.1, 0.15) is 33.6 Å². The van der Waals surface area contributed by atoms with Gasteiger partial charge < -0.3 is 4.90 Å². The summed E-state index contributed by atoms with van der Waals surface area (Å²) in [5.41, 5.74) is 1.89. The molecule has 2 heterocycles. The van der Waals surface area contributed by atoms with Gasteiger partial charge in [0.25, 0.3) is 11.8 Å². The minimum absolute atomic E-state index is 0.0223. The van der Waals surface area contributed by atoms with Crippen molar-refractivity contribution in [2.24, 2.45) is 0 Å². The van der Waals surface area contributed by atoms with Gasteiger partial charge >= 0.3 is 0 Å². The molecule has 4 rings (SSSR count).